The number of ether oxygens (including phenoxy) is 1. The summed E-state index contributed by atoms with van der Waals surface area (Å²) in [5.74, 6) is 2.29. The van der Waals surface area contributed by atoms with E-state index in [1.165, 1.54) is 21.4 Å². The third-order valence-corrected chi connectivity index (χ3v) is 8.87. The third kappa shape index (κ3) is 5.10. The molecular weight excluding hydrogens is 552 g/mol. The zero-order chi connectivity index (χ0) is 34.2. The van der Waals surface area contributed by atoms with Gasteiger partial charge in [0.05, 0.1) is 29.1 Å². The fraction of sp³-hybridized carbons (Fsp3) is 0.275. The number of hydrogen-bond acceptors (Lipinski definition) is 4. The average Bonchev–Trinajstić information content (AvgIpc) is 3.57. The van der Waals surface area contributed by atoms with Gasteiger partial charge in [-0.1, -0.05) is 65.8 Å². The van der Waals surface area contributed by atoms with Crippen molar-refractivity contribution in [2.75, 3.05) is 23.4 Å². The van der Waals surface area contributed by atoms with Crippen LogP contribution in [-0.2, 0) is 10.8 Å². The Hall–Kier alpha value is -4.77. The van der Waals surface area contributed by atoms with Gasteiger partial charge >= 0.3 is 0 Å². The molecule has 4 aromatic carbocycles. The molecule has 0 bridgehead atoms. The van der Waals surface area contributed by atoms with Crippen LogP contribution < -0.4 is 14.5 Å². The van der Waals surface area contributed by atoms with Crippen molar-refractivity contribution < 1.29 is 8.85 Å². The number of benzene rings is 4. The van der Waals surface area contributed by atoms with Gasteiger partial charge in [0.25, 0.3) is 0 Å². The maximum atomic E-state index is 8.10. The van der Waals surface area contributed by atoms with Gasteiger partial charge in [-0.2, -0.15) is 0 Å². The lowest BCUT2D eigenvalue weighted by Crippen LogP contribution is -2.23. The molecule has 1 aliphatic rings. The molecule has 5 heteroatoms. The van der Waals surface area contributed by atoms with Crippen LogP contribution in [0.5, 0.6) is 11.5 Å². The molecule has 0 atom stereocenters. The average molecular weight is 598 g/mol. The fourth-order valence-corrected chi connectivity index (χ4v) is 6.26. The zero-order valence-corrected chi connectivity index (χ0v) is 27.1. The topological polar surface area (TPSA) is 33.5 Å². The number of nitrogens with zero attached hydrogens (tertiary/aromatic N) is 4. The molecule has 0 amide bonds. The number of anilines is 3. The number of rotatable bonds is 4. The summed E-state index contributed by atoms with van der Waals surface area (Å²) >= 11 is 0. The number of hydrogen-bond donors (Lipinski definition) is 0. The van der Waals surface area contributed by atoms with E-state index in [0.717, 1.165) is 44.9 Å². The van der Waals surface area contributed by atoms with Crippen molar-refractivity contribution in [3.63, 3.8) is 0 Å². The van der Waals surface area contributed by atoms with Crippen molar-refractivity contribution in [3.05, 3.63) is 114 Å². The molecule has 0 radical (unpaired) electrons. The van der Waals surface area contributed by atoms with E-state index in [2.05, 4.69) is 95.5 Å². The first kappa shape index (κ1) is 25.5. The Bertz CT molecular complexity index is 2190. The predicted molar refractivity (Wildman–Crippen MR) is 189 cm³/mol. The summed E-state index contributed by atoms with van der Waals surface area (Å²) < 4.78 is 33.2. The Morgan fingerprint density at radius 3 is 2.22 bits per heavy atom. The Morgan fingerprint density at radius 1 is 0.733 bits per heavy atom. The van der Waals surface area contributed by atoms with Crippen molar-refractivity contribution >= 4 is 38.9 Å². The molecule has 0 N–H and O–H groups in total. The fourth-order valence-electron chi connectivity index (χ4n) is 6.26. The summed E-state index contributed by atoms with van der Waals surface area (Å²) in [7, 11) is 0. The van der Waals surface area contributed by atoms with Crippen LogP contribution in [0.25, 0.3) is 27.6 Å². The Labute approximate surface area is 270 Å². The van der Waals surface area contributed by atoms with Crippen molar-refractivity contribution in [3.8, 4) is 17.3 Å². The first-order chi connectivity index (χ1) is 22.6. The summed E-state index contributed by atoms with van der Waals surface area (Å²) in [4.78, 5) is 8.35. The van der Waals surface area contributed by atoms with Gasteiger partial charge in [-0.05, 0) is 89.0 Å². The highest BCUT2D eigenvalue weighted by atomic mass is 16.5. The molecule has 0 fully saturated rings. The maximum Gasteiger partial charge on any atom is 0.137 e. The van der Waals surface area contributed by atoms with E-state index in [1.807, 2.05) is 59.6 Å². The summed E-state index contributed by atoms with van der Waals surface area (Å²) in [6, 6.07) is 30.9. The molecule has 0 aliphatic carbocycles. The number of para-hydroxylation sites is 2. The molecule has 7 rings (SSSR count). The Kier molecular flexibility index (Phi) is 5.91. The van der Waals surface area contributed by atoms with E-state index in [9.17, 15) is 0 Å². The molecular formula is C40H42N4O. The predicted octanol–water partition coefficient (Wildman–Crippen LogP) is 10.4. The molecule has 0 unspecified atom stereocenters. The minimum atomic E-state index is -2.25. The lowest BCUT2D eigenvalue weighted by atomic mass is 9.86. The van der Waals surface area contributed by atoms with Gasteiger partial charge in [0.2, 0.25) is 0 Å². The third-order valence-electron chi connectivity index (χ3n) is 8.87. The minimum absolute atomic E-state index is 0.00645. The van der Waals surface area contributed by atoms with E-state index >= 15 is 0 Å². The molecule has 3 heterocycles. The minimum Gasteiger partial charge on any atom is -0.457 e. The number of pyridine rings is 1. The largest absolute Gasteiger partial charge is 0.457 e. The van der Waals surface area contributed by atoms with Crippen LogP contribution >= 0.6 is 0 Å². The number of fused-ring (bicyclic) bond motifs is 4. The van der Waals surface area contributed by atoms with E-state index in [-0.39, 0.29) is 17.5 Å². The molecule has 0 saturated heterocycles. The summed E-state index contributed by atoms with van der Waals surface area (Å²) in [5, 5.41) is 2.33. The normalized spacial score (nSPS) is 14.9. The highest BCUT2D eigenvalue weighted by Crippen LogP contribution is 2.42. The van der Waals surface area contributed by atoms with Crippen molar-refractivity contribution in [2.24, 2.45) is 0 Å². The van der Waals surface area contributed by atoms with Crippen LogP contribution in [0.15, 0.2) is 97.2 Å². The van der Waals surface area contributed by atoms with Gasteiger partial charge in [0.15, 0.2) is 0 Å². The second-order valence-corrected chi connectivity index (χ2v) is 14.2. The van der Waals surface area contributed by atoms with Gasteiger partial charge < -0.3 is 14.5 Å². The number of aromatic nitrogens is 2. The van der Waals surface area contributed by atoms with Gasteiger partial charge in [-0.3, -0.25) is 4.57 Å². The highest BCUT2D eigenvalue weighted by molar-refractivity contribution is 6.10. The molecule has 0 saturated carbocycles. The smallest absolute Gasteiger partial charge is 0.137 e. The van der Waals surface area contributed by atoms with E-state index in [0.29, 0.717) is 11.4 Å². The summed E-state index contributed by atoms with van der Waals surface area (Å²) in [6.07, 6.45) is 1.90. The van der Waals surface area contributed by atoms with Crippen LogP contribution in [0.4, 0.5) is 17.1 Å². The molecule has 5 nitrogen and oxygen atoms in total. The first-order valence-corrected chi connectivity index (χ1v) is 15.6. The van der Waals surface area contributed by atoms with Crippen molar-refractivity contribution in [1.82, 2.24) is 9.55 Å². The van der Waals surface area contributed by atoms with Crippen molar-refractivity contribution in [1.29, 1.82) is 0 Å². The first-order valence-electron chi connectivity index (χ1n) is 17.1. The standard InChI is InChI=1S/C40H42N4O/c1-26-20-31-32-21-27(39(2,3)4)16-17-33(32)44(38-22-28(18-19-41-38)40(5,6)7)36(31)24-37(26)45-30-13-11-12-29(23-30)43-25-42(8)34-14-9-10-15-35(34)43/h9-24H,25H2,1-8H3/i8D3. The van der Waals surface area contributed by atoms with Gasteiger partial charge in [-0.25, -0.2) is 4.98 Å². The van der Waals surface area contributed by atoms with Crippen LogP contribution in [-0.4, -0.2) is 23.2 Å². The highest BCUT2D eigenvalue weighted by Gasteiger charge is 2.25. The SMILES string of the molecule is [2H]C([2H])([2H])N1CN(c2cccc(Oc3cc4c(cc3C)c3cc(C(C)(C)C)ccc3n4-c3cc(C(C)(C)C)ccn3)c2)c2ccccc21. The maximum absolute atomic E-state index is 8.10. The van der Waals surface area contributed by atoms with E-state index in [4.69, 9.17) is 13.8 Å². The molecule has 0 spiro atoms. The molecule has 1 aliphatic heterocycles. The monoisotopic (exact) mass is 597 g/mol. The Balaban J connectivity index is 1.34. The molecule has 45 heavy (non-hydrogen) atoms. The van der Waals surface area contributed by atoms with Gasteiger partial charge in [-0.15, -0.1) is 0 Å². The molecule has 228 valence electrons. The lowest BCUT2D eigenvalue weighted by molar-refractivity contribution is 0.479. The van der Waals surface area contributed by atoms with Gasteiger partial charge in [0.1, 0.15) is 17.3 Å². The quantitative estimate of drug-likeness (QED) is 0.202. The number of aryl methyl sites for hydroxylation is 1. The van der Waals surface area contributed by atoms with Crippen LogP contribution in [0.2, 0.25) is 0 Å². The molecule has 2 aromatic heterocycles. The van der Waals surface area contributed by atoms with Crippen LogP contribution in [0, 0.1) is 6.92 Å². The summed E-state index contributed by atoms with van der Waals surface area (Å²) in [6.45, 7) is 13.5. The molecule has 6 aromatic rings. The second kappa shape index (κ2) is 10.4. The summed E-state index contributed by atoms with van der Waals surface area (Å²) in [5.41, 5.74) is 8.02. The van der Waals surface area contributed by atoms with Crippen LogP contribution in [0.1, 0.15) is 62.3 Å². The van der Waals surface area contributed by atoms with E-state index in [1.54, 1.807) is 0 Å². The van der Waals surface area contributed by atoms with Crippen LogP contribution in [0.3, 0.4) is 0 Å². The Morgan fingerprint density at radius 2 is 1.47 bits per heavy atom. The lowest BCUT2D eigenvalue weighted by Gasteiger charge is -2.21. The van der Waals surface area contributed by atoms with Gasteiger partial charge in [0, 0.05) is 45.9 Å². The second-order valence-electron chi connectivity index (χ2n) is 14.2. The zero-order valence-electron chi connectivity index (χ0n) is 30.1. The van der Waals surface area contributed by atoms with Crippen molar-refractivity contribution in [2.45, 2.75) is 59.3 Å². The van der Waals surface area contributed by atoms with E-state index < -0.39 is 6.98 Å².